The molecule has 1 aliphatic carbocycles. The summed E-state index contributed by atoms with van der Waals surface area (Å²) in [7, 11) is 0. The average molecular weight is 238 g/mol. The minimum Gasteiger partial charge on any atom is -0.461 e. The molecule has 2 rings (SSSR count). The predicted octanol–water partition coefficient (Wildman–Crippen LogP) is 2.60. The highest BCUT2D eigenvalue weighted by Crippen LogP contribution is 2.32. The summed E-state index contributed by atoms with van der Waals surface area (Å²) in [5.74, 6) is -0.444. The zero-order valence-corrected chi connectivity index (χ0v) is 10.3. The Morgan fingerprint density at radius 1 is 1.59 bits per heavy atom. The van der Waals surface area contributed by atoms with E-state index in [-0.39, 0.29) is 11.2 Å². The lowest BCUT2D eigenvalue weighted by Crippen LogP contribution is -2.30. The van der Waals surface area contributed by atoms with Gasteiger partial charge in [-0.1, -0.05) is 12.8 Å². The van der Waals surface area contributed by atoms with E-state index in [1.807, 2.05) is 0 Å². The quantitative estimate of drug-likeness (QED) is 0.817. The largest absolute Gasteiger partial charge is 0.461 e. The highest BCUT2D eigenvalue weighted by Gasteiger charge is 2.30. The maximum atomic E-state index is 11.4. The summed E-state index contributed by atoms with van der Waals surface area (Å²) < 4.78 is 10.1. The number of ether oxygens (including phenoxy) is 1. The van der Waals surface area contributed by atoms with Crippen LogP contribution in [0.1, 0.15) is 50.0 Å². The summed E-state index contributed by atoms with van der Waals surface area (Å²) in [5, 5.41) is 3.25. The average Bonchev–Trinajstić information content (AvgIpc) is 2.89. The first kappa shape index (κ1) is 12.0. The van der Waals surface area contributed by atoms with Gasteiger partial charge in [-0.3, -0.25) is 0 Å². The first-order valence-corrected chi connectivity index (χ1v) is 6.04. The molecule has 0 unspecified atom stereocenters. The molecule has 1 fully saturated rings. The van der Waals surface area contributed by atoms with Crippen LogP contribution in [0.25, 0.3) is 0 Å². The van der Waals surface area contributed by atoms with Crippen LogP contribution in [0.2, 0.25) is 0 Å². The molecule has 5 nitrogen and oxygen atoms in total. The summed E-state index contributed by atoms with van der Waals surface area (Å²) in [5.41, 5.74) is 0.257. The molecular formula is C12H18N2O3. The lowest BCUT2D eigenvalue weighted by atomic mass is 10.0. The number of anilines is 1. The van der Waals surface area contributed by atoms with E-state index in [1.54, 1.807) is 6.92 Å². The van der Waals surface area contributed by atoms with Crippen LogP contribution in [0, 0.1) is 0 Å². The van der Waals surface area contributed by atoms with E-state index < -0.39 is 5.97 Å². The Bertz CT molecular complexity index is 394. The molecule has 94 valence electrons. The smallest absolute Gasteiger partial charge is 0.360 e. The second kappa shape index (κ2) is 4.77. The Kier molecular flexibility index (Phi) is 3.36. The van der Waals surface area contributed by atoms with Gasteiger partial charge in [-0.05, 0) is 26.7 Å². The van der Waals surface area contributed by atoms with Gasteiger partial charge in [0.05, 0.1) is 6.61 Å². The fourth-order valence-corrected chi connectivity index (χ4v) is 2.17. The summed E-state index contributed by atoms with van der Waals surface area (Å²) in [6.07, 6.45) is 5.97. The van der Waals surface area contributed by atoms with Crippen LogP contribution in [-0.2, 0) is 4.74 Å². The van der Waals surface area contributed by atoms with Crippen molar-refractivity contribution in [2.24, 2.45) is 0 Å². The number of esters is 1. The van der Waals surface area contributed by atoms with Crippen molar-refractivity contribution < 1.29 is 13.9 Å². The Morgan fingerprint density at radius 2 is 2.29 bits per heavy atom. The highest BCUT2D eigenvalue weighted by molar-refractivity contribution is 5.87. The summed E-state index contributed by atoms with van der Waals surface area (Å²) in [6.45, 7) is 4.25. The van der Waals surface area contributed by atoms with Gasteiger partial charge in [0.1, 0.15) is 6.26 Å². The van der Waals surface area contributed by atoms with Crippen molar-refractivity contribution in [3.8, 4) is 0 Å². The molecule has 0 amide bonds. The van der Waals surface area contributed by atoms with Gasteiger partial charge in [-0.2, -0.15) is 4.98 Å². The number of hydrogen-bond donors (Lipinski definition) is 1. The second-order valence-electron chi connectivity index (χ2n) is 4.65. The molecule has 1 heterocycles. The Morgan fingerprint density at radius 3 is 2.94 bits per heavy atom. The summed E-state index contributed by atoms with van der Waals surface area (Å²) in [4.78, 5) is 15.5. The van der Waals surface area contributed by atoms with Crippen molar-refractivity contribution in [2.75, 3.05) is 11.9 Å². The minimum atomic E-state index is -0.444. The van der Waals surface area contributed by atoms with Crippen molar-refractivity contribution in [2.45, 2.75) is 45.1 Å². The van der Waals surface area contributed by atoms with Crippen LogP contribution < -0.4 is 5.32 Å². The van der Waals surface area contributed by atoms with E-state index >= 15 is 0 Å². The van der Waals surface area contributed by atoms with Crippen LogP contribution in [0.15, 0.2) is 10.7 Å². The maximum Gasteiger partial charge on any atom is 0.360 e. The number of nitrogens with one attached hydrogen (secondary N) is 1. The van der Waals surface area contributed by atoms with E-state index in [2.05, 4.69) is 17.2 Å². The van der Waals surface area contributed by atoms with Crippen molar-refractivity contribution >= 4 is 12.0 Å². The molecule has 0 spiro atoms. The van der Waals surface area contributed by atoms with Gasteiger partial charge in [0.25, 0.3) is 6.01 Å². The van der Waals surface area contributed by atoms with Gasteiger partial charge in [0.15, 0.2) is 5.69 Å². The van der Waals surface area contributed by atoms with Crippen LogP contribution in [0.4, 0.5) is 6.01 Å². The Hall–Kier alpha value is -1.52. The molecule has 1 N–H and O–H groups in total. The van der Waals surface area contributed by atoms with Crippen LogP contribution >= 0.6 is 0 Å². The third-order valence-electron chi connectivity index (χ3n) is 3.10. The molecule has 0 aliphatic heterocycles. The molecule has 1 aliphatic rings. The Balaban J connectivity index is 2.00. The number of nitrogens with zero attached hydrogens (tertiary/aromatic N) is 1. The van der Waals surface area contributed by atoms with Crippen LogP contribution in [0.3, 0.4) is 0 Å². The van der Waals surface area contributed by atoms with Crippen molar-refractivity contribution in [1.29, 1.82) is 0 Å². The molecule has 0 radical (unpaired) electrons. The van der Waals surface area contributed by atoms with Gasteiger partial charge in [-0.25, -0.2) is 4.79 Å². The van der Waals surface area contributed by atoms with Crippen molar-refractivity contribution in [1.82, 2.24) is 4.98 Å². The zero-order valence-electron chi connectivity index (χ0n) is 10.3. The zero-order chi connectivity index (χ0) is 12.3. The maximum absolute atomic E-state index is 11.4. The van der Waals surface area contributed by atoms with E-state index in [0.29, 0.717) is 12.6 Å². The third kappa shape index (κ3) is 2.78. The second-order valence-corrected chi connectivity index (χ2v) is 4.65. The lowest BCUT2D eigenvalue weighted by molar-refractivity contribution is 0.0519. The summed E-state index contributed by atoms with van der Waals surface area (Å²) >= 11 is 0. The first-order chi connectivity index (χ1) is 8.13. The molecular weight excluding hydrogens is 220 g/mol. The molecule has 0 bridgehead atoms. The normalized spacial score (nSPS) is 18.0. The molecule has 0 saturated heterocycles. The van der Waals surface area contributed by atoms with Crippen molar-refractivity contribution in [3.05, 3.63) is 12.0 Å². The SMILES string of the molecule is CCOC(=O)c1coc(NC2(C)CCCC2)n1. The third-order valence-corrected chi connectivity index (χ3v) is 3.10. The van der Waals surface area contributed by atoms with Crippen LogP contribution in [0.5, 0.6) is 0 Å². The van der Waals surface area contributed by atoms with E-state index in [1.165, 1.54) is 19.1 Å². The number of carbonyl (C=O) groups excluding carboxylic acids is 1. The molecule has 0 aromatic carbocycles. The number of aromatic nitrogens is 1. The van der Waals surface area contributed by atoms with Gasteiger partial charge in [0.2, 0.25) is 0 Å². The number of oxazole rings is 1. The Labute approximate surface area is 101 Å². The molecule has 1 aromatic heterocycles. The monoisotopic (exact) mass is 238 g/mol. The first-order valence-electron chi connectivity index (χ1n) is 6.04. The van der Waals surface area contributed by atoms with E-state index in [4.69, 9.17) is 9.15 Å². The van der Waals surface area contributed by atoms with Crippen molar-refractivity contribution in [3.63, 3.8) is 0 Å². The molecule has 17 heavy (non-hydrogen) atoms. The predicted molar refractivity (Wildman–Crippen MR) is 63.0 cm³/mol. The fraction of sp³-hybridized carbons (Fsp3) is 0.667. The molecule has 1 aromatic rings. The fourth-order valence-electron chi connectivity index (χ4n) is 2.17. The molecule has 0 atom stereocenters. The molecule has 5 heteroatoms. The van der Waals surface area contributed by atoms with Crippen LogP contribution in [-0.4, -0.2) is 23.1 Å². The summed E-state index contributed by atoms with van der Waals surface area (Å²) in [6, 6.07) is 0.400. The van der Waals surface area contributed by atoms with E-state index in [0.717, 1.165) is 12.8 Å². The van der Waals surface area contributed by atoms with Gasteiger partial charge in [0, 0.05) is 5.54 Å². The molecule has 1 saturated carbocycles. The standard InChI is InChI=1S/C12H18N2O3/c1-3-16-10(15)9-8-17-11(13-9)14-12(2)6-4-5-7-12/h8H,3-7H2,1-2H3,(H,13,14). The number of rotatable bonds is 4. The highest BCUT2D eigenvalue weighted by atomic mass is 16.5. The number of carbonyl (C=O) groups is 1. The topological polar surface area (TPSA) is 64.4 Å². The minimum absolute atomic E-state index is 0.0385. The van der Waals surface area contributed by atoms with E-state index in [9.17, 15) is 4.79 Å². The van der Waals surface area contributed by atoms with Gasteiger partial charge >= 0.3 is 5.97 Å². The lowest BCUT2D eigenvalue weighted by Gasteiger charge is -2.23. The van der Waals surface area contributed by atoms with Gasteiger partial charge in [-0.15, -0.1) is 0 Å². The number of hydrogen-bond acceptors (Lipinski definition) is 5. The van der Waals surface area contributed by atoms with Gasteiger partial charge < -0.3 is 14.5 Å².